The molecule has 9 aromatic rings. The van der Waals surface area contributed by atoms with E-state index in [0.717, 1.165) is 55.6 Å². The second kappa shape index (κ2) is 12.7. The van der Waals surface area contributed by atoms with Crippen molar-refractivity contribution >= 4 is 21.8 Å². The van der Waals surface area contributed by atoms with Crippen LogP contribution >= 0.6 is 0 Å². The fourth-order valence-corrected chi connectivity index (χ4v) is 6.90. The topological polar surface area (TPSA) is 54.5 Å². The van der Waals surface area contributed by atoms with Crippen molar-refractivity contribution in [2.45, 2.75) is 0 Å². The number of nitriles is 1. The Hall–Kier alpha value is -7.09. The number of hydrogen-bond donors (Lipinski definition) is 0. The molecule has 0 fully saturated rings. The lowest BCUT2D eigenvalue weighted by molar-refractivity contribution is 1.05. The highest BCUT2D eigenvalue weighted by molar-refractivity contribution is 6.11. The van der Waals surface area contributed by atoms with Crippen LogP contribution in [0, 0.1) is 11.3 Å². The van der Waals surface area contributed by atoms with Crippen LogP contribution in [-0.4, -0.2) is 14.5 Å². The lowest BCUT2D eigenvalue weighted by Crippen LogP contribution is -2.02. The Kier molecular flexibility index (Phi) is 7.50. The molecule has 0 aliphatic heterocycles. The first-order valence-electron chi connectivity index (χ1n) is 17.0. The average Bonchev–Trinajstić information content (AvgIpc) is 3.55. The highest BCUT2D eigenvalue weighted by Gasteiger charge is 2.18. The minimum Gasteiger partial charge on any atom is -0.294 e. The maximum atomic E-state index is 9.31. The van der Waals surface area contributed by atoms with E-state index in [0.29, 0.717) is 11.4 Å². The van der Waals surface area contributed by atoms with Gasteiger partial charge in [-0.3, -0.25) is 4.57 Å². The van der Waals surface area contributed by atoms with Gasteiger partial charge in [0.1, 0.15) is 5.82 Å². The summed E-state index contributed by atoms with van der Waals surface area (Å²) in [5.41, 5.74) is 12.3. The van der Waals surface area contributed by atoms with Crippen LogP contribution in [0.4, 0.5) is 0 Å². The first-order chi connectivity index (χ1) is 25.2. The Morgan fingerprint density at radius 1 is 0.392 bits per heavy atom. The molecule has 7 aromatic carbocycles. The third-order valence-electron chi connectivity index (χ3n) is 9.46. The summed E-state index contributed by atoms with van der Waals surface area (Å²) in [5, 5.41) is 11.6. The lowest BCUT2D eigenvalue weighted by Gasteiger charge is -2.13. The van der Waals surface area contributed by atoms with Crippen LogP contribution in [0.5, 0.6) is 0 Å². The molecule has 2 heterocycles. The van der Waals surface area contributed by atoms with E-state index in [1.165, 1.54) is 22.3 Å². The van der Waals surface area contributed by atoms with Crippen molar-refractivity contribution in [1.82, 2.24) is 14.5 Å². The van der Waals surface area contributed by atoms with Gasteiger partial charge in [0, 0.05) is 28.0 Å². The van der Waals surface area contributed by atoms with Crippen molar-refractivity contribution in [2.24, 2.45) is 0 Å². The zero-order valence-corrected chi connectivity index (χ0v) is 27.6. The quantitative estimate of drug-likeness (QED) is 0.180. The van der Waals surface area contributed by atoms with Crippen molar-refractivity contribution < 1.29 is 0 Å². The van der Waals surface area contributed by atoms with Crippen LogP contribution in [0.1, 0.15) is 5.56 Å². The normalized spacial score (nSPS) is 11.1. The molecule has 0 spiro atoms. The van der Waals surface area contributed by atoms with Gasteiger partial charge in [-0.15, -0.1) is 0 Å². The van der Waals surface area contributed by atoms with Crippen LogP contribution in [0.3, 0.4) is 0 Å². The van der Waals surface area contributed by atoms with E-state index in [2.05, 4.69) is 150 Å². The summed E-state index contributed by atoms with van der Waals surface area (Å²) in [7, 11) is 0. The van der Waals surface area contributed by atoms with E-state index < -0.39 is 0 Å². The van der Waals surface area contributed by atoms with Crippen LogP contribution < -0.4 is 0 Å². The SMILES string of the molecule is N#Cc1ccc(-c2cccc(-c3cc(-n4c5ccc(-c6ccccc6)cc5c5cc(-c6ccccc6)ccc54)nc(-c4ccccc4)n3)c2)cc1. The molecular weight excluding hydrogens is 621 g/mol. The summed E-state index contributed by atoms with van der Waals surface area (Å²) in [4.78, 5) is 10.4. The number of aromatic nitrogens is 3. The Morgan fingerprint density at radius 3 is 1.43 bits per heavy atom. The second-order valence-corrected chi connectivity index (χ2v) is 12.6. The van der Waals surface area contributed by atoms with Gasteiger partial charge in [0.15, 0.2) is 5.82 Å². The van der Waals surface area contributed by atoms with Crippen LogP contribution in [0.25, 0.3) is 83.6 Å². The van der Waals surface area contributed by atoms with Gasteiger partial charge in [-0.1, -0.05) is 133 Å². The molecule has 4 nitrogen and oxygen atoms in total. The smallest absolute Gasteiger partial charge is 0.162 e. The van der Waals surface area contributed by atoms with Crippen molar-refractivity contribution in [3.8, 4) is 67.9 Å². The molecule has 4 heteroatoms. The Balaban J connectivity index is 1.28. The fourth-order valence-electron chi connectivity index (χ4n) is 6.90. The minimum atomic E-state index is 0.640. The number of fused-ring (bicyclic) bond motifs is 3. The molecule has 2 aromatic heterocycles. The van der Waals surface area contributed by atoms with E-state index in [1.54, 1.807) is 0 Å². The highest BCUT2D eigenvalue weighted by atomic mass is 15.1. The van der Waals surface area contributed by atoms with Crippen molar-refractivity contribution in [1.29, 1.82) is 5.26 Å². The van der Waals surface area contributed by atoms with Gasteiger partial charge < -0.3 is 0 Å². The number of rotatable bonds is 6. The summed E-state index contributed by atoms with van der Waals surface area (Å²) in [6.45, 7) is 0. The molecule has 0 unspecified atom stereocenters. The Bertz CT molecular complexity index is 2630. The van der Waals surface area contributed by atoms with Crippen LogP contribution in [-0.2, 0) is 0 Å². The molecule has 9 rings (SSSR count). The van der Waals surface area contributed by atoms with Gasteiger partial charge in [0.2, 0.25) is 0 Å². The standard InChI is InChI=1S/C47H30N4/c48-31-32-19-21-35(22-20-32)37-17-10-18-40(27-37)43-30-46(50-47(49-43)36-15-8-3-9-16-36)51-44-25-23-38(33-11-4-1-5-12-33)28-41(44)42-29-39(24-26-45(42)51)34-13-6-2-7-14-34/h1-30H. The Morgan fingerprint density at radius 2 is 0.863 bits per heavy atom. The van der Waals surface area contributed by atoms with E-state index in [1.807, 2.05) is 42.5 Å². The summed E-state index contributed by atoms with van der Waals surface area (Å²) < 4.78 is 2.27. The maximum Gasteiger partial charge on any atom is 0.162 e. The van der Waals surface area contributed by atoms with Gasteiger partial charge in [0.05, 0.1) is 28.4 Å². The predicted octanol–water partition coefficient (Wildman–Crippen LogP) is 11.8. The largest absolute Gasteiger partial charge is 0.294 e. The molecule has 0 amide bonds. The fraction of sp³-hybridized carbons (Fsp3) is 0. The van der Waals surface area contributed by atoms with Crippen LogP contribution in [0.2, 0.25) is 0 Å². The van der Waals surface area contributed by atoms with E-state index in [9.17, 15) is 5.26 Å². The average molecular weight is 651 g/mol. The Labute approximate surface area is 296 Å². The molecular formula is C47H30N4. The van der Waals surface area contributed by atoms with E-state index in [4.69, 9.17) is 9.97 Å². The number of benzene rings is 7. The predicted molar refractivity (Wildman–Crippen MR) is 208 cm³/mol. The highest BCUT2D eigenvalue weighted by Crippen LogP contribution is 2.38. The molecule has 0 aliphatic rings. The molecule has 0 bridgehead atoms. The second-order valence-electron chi connectivity index (χ2n) is 12.6. The summed E-state index contributed by atoms with van der Waals surface area (Å²) in [5.74, 6) is 1.45. The van der Waals surface area contributed by atoms with Gasteiger partial charge in [-0.2, -0.15) is 5.26 Å². The third kappa shape index (κ3) is 5.63. The first-order valence-corrected chi connectivity index (χ1v) is 17.0. The zero-order valence-electron chi connectivity index (χ0n) is 27.6. The molecule has 51 heavy (non-hydrogen) atoms. The van der Waals surface area contributed by atoms with Gasteiger partial charge in [-0.05, 0) is 75.8 Å². The van der Waals surface area contributed by atoms with Gasteiger partial charge >= 0.3 is 0 Å². The van der Waals surface area contributed by atoms with E-state index in [-0.39, 0.29) is 0 Å². The number of nitrogens with zero attached hydrogens (tertiary/aromatic N) is 4. The summed E-state index contributed by atoms with van der Waals surface area (Å²) in [6.07, 6.45) is 0. The van der Waals surface area contributed by atoms with Gasteiger partial charge in [-0.25, -0.2) is 9.97 Å². The molecule has 0 aliphatic carbocycles. The monoisotopic (exact) mass is 650 g/mol. The minimum absolute atomic E-state index is 0.640. The maximum absolute atomic E-state index is 9.31. The van der Waals surface area contributed by atoms with Crippen molar-refractivity contribution in [3.63, 3.8) is 0 Å². The molecule has 0 radical (unpaired) electrons. The lowest BCUT2D eigenvalue weighted by atomic mass is 10.0. The van der Waals surface area contributed by atoms with Crippen molar-refractivity contribution in [2.75, 3.05) is 0 Å². The van der Waals surface area contributed by atoms with Crippen LogP contribution in [0.15, 0.2) is 182 Å². The van der Waals surface area contributed by atoms with Gasteiger partial charge in [0.25, 0.3) is 0 Å². The third-order valence-corrected chi connectivity index (χ3v) is 9.46. The zero-order chi connectivity index (χ0) is 34.1. The molecule has 238 valence electrons. The molecule has 0 saturated carbocycles. The summed E-state index contributed by atoms with van der Waals surface area (Å²) >= 11 is 0. The first kappa shape index (κ1) is 30.0. The van der Waals surface area contributed by atoms with Crippen molar-refractivity contribution in [3.05, 3.63) is 188 Å². The summed E-state index contributed by atoms with van der Waals surface area (Å²) in [6, 6.07) is 65.1. The molecule has 0 N–H and O–H groups in total. The number of hydrogen-bond acceptors (Lipinski definition) is 3. The molecule has 0 saturated heterocycles. The van der Waals surface area contributed by atoms with E-state index >= 15 is 0 Å². The molecule has 0 atom stereocenters.